The topological polar surface area (TPSA) is 70.8 Å². The first-order valence-corrected chi connectivity index (χ1v) is 5.66. The fourth-order valence-electron chi connectivity index (χ4n) is 2.07. The first-order chi connectivity index (χ1) is 8.08. The van der Waals surface area contributed by atoms with Crippen LogP contribution in [0.2, 0.25) is 0 Å². The van der Waals surface area contributed by atoms with Gasteiger partial charge in [-0.05, 0) is 31.9 Å². The third-order valence-corrected chi connectivity index (χ3v) is 3.01. The SMILES string of the molecule is Cc1ccc(C(=O)N2CCC[C@@H](C(=O)O)C2)o1. The number of likely N-dealkylation sites (tertiary alicyclic amines) is 1. The van der Waals surface area contributed by atoms with Crippen LogP contribution in [0.3, 0.4) is 0 Å². The molecular weight excluding hydrogens is 222 g/mol. The van der Waals surface area contributed by atoms with E-state index in [1.807, 2.05) is 0 Å². The Labute approximate surface area is 99.0 Å². The fourth-order valence-corrected chi connectivity index (χ4v) is 2.07. The molecule has 5 nitrogen and oxygen atoms in total. The minimum Gasteiger partial charge on any atom is -0.481 e. The van der Waals surface area contributed by atoms with Crippen molar-refractivity contribution in [1.29, 1.82) is 0 Å². The van der Waals surface area contributed by atoms with E-state index in [4.69, 9.17) is 9.52 Å². The molecule has 0 saturated carbocycles. The standard InChI is InChI=1S/C12H15NO4/c1-8-4-5-10(17-8)11(14)13-6-2-3-9(7-13)12(15)16/h4-5,9H,2-3,6-7H2,1H3,(H,15,16)/t9-/m1/s1. The van der Waals surface area contributed by atoms with Crippen molar-refractivity contribution in [3.05, 3.63) is 23.7 Å². The molecule has 0 aliphatic carbocycles. The fraction of sp³-hybridized carbons (Fsp3) is 0.500. The third kappa shape index (κ3) is 2.49. The van der Waals surface area contributed by atoms with Gasteiger partial charge in [-0.3, -0.25) is 9.59 Å². The van der Waals surface area contributed by atoms with E-state index in [1.54, 1.807) is 24.0 Å². The lowest BCUT2D eigenvalue weighted by molar-refractivity contribution is -0.143. The van der Waals surface area contributed by atoms with Gasteiger partial charge in [-0.15, -0.1) is 0 Å². The van der Waals surface area contributed by atoms with Gasteiger partial charge in [-0.1, -0.05) is 0 Å². The van der Waals surface area contributed by atoms with E-state index in [9.17, 15) is 9.59 Å². The van der Waals surface area contributed by atoms with Crippen LogP contribution in [0.5, 0.6) is 0 Å². The van der Waals surface area contributed by atoms with Gasteiger partial charge in [0.2, 0.25) is 0 Å². The summed E-state index contributed by atoms with van der Waals surface area (Å²) in [7, 11) is 0. The lowest BCUT2D eigenvalue weighted by Gasteiger charge is -2.29. The number of hydrogen-bond acceptors (Lipinski definition) is 3. The van der Waals surface area contributed by atoms with E-state index in [2.05, 4.69) is 0 Å². The van der Waals surface area contributed by atoms with Crippen molar-refractivity contribution < 1.29 is 19.1 Å². The maximum atomic E-state index is 12.0. The molecule has 1 aliphatic rings. The lowest BCUT2D eigenvalue weighted by atomic mass is 9.98. The van der Waals surface area contributed by atoms with E-state index in [1.165, 1.54) is 0 Å². The van der Waals surface area contributed by atoms with Gasteiger partial charge in [0.1, 0.15) is 5.76 Å². The minimum absolute atomic E-state index is 0.218. The van der Waals surface area contributed by atoms with Crippen LogP contribution in [0.25, 0.3) is 0 Å². The van der Waals surface area contributed by atoms with Crippen LogP contribution in [0.15, 0.2) is 16.5 Å². The van der Waals surface area contributed by atoms with Crippen LogP contribution in [-0.2, 0) is 4.79 Å². The lowest BCUT2D eigenvalue weighted by Crippen LogP contribution is -2.42. The van der Waals surface area contributed by atoms with Crippen molar-refractivity contribution in [2.75, 3.05) is 13.1 Å². The third-order valence-electron chi connectivity index (χ3n) is 3.01. The van der Waals surface area contributed by atoms with Crippen molar-refractivity contribution >= 4 is 11.9 Å². The number of hydrogen-bond donors (Lipinski definition) is 1. The molecule has 1 atom stereocenters. The highest BCUT2D eigenvalue weighted by molar-refractivity contribution is 5.92. The van der Waals surface area contributed by atoms with E-state index in [-0.39, 0.29) is 18.2 Å². The molecule has 0 bridgehead atoms. The summed E-state index contributed by atoms with van der Waals surface area (Å²) in [5, 5.41) is 8.95. The second kappa shape index (κ2) is 4.61. The second-order valence-corrected chi connectivity index (χ2v) is 4.34. The zero-order valence-electron chi connectivity index (χ0n) is 9.68. The first kappa shape index (κ1) is 11.7. The molecule has 0 radical (unpaired) electrons. The molecule has 1 aromatic heterocycles. The van der Waals surface area contributed by atoms with Gasteiger partial charge in [0.15, 0.2) is 5.76 Å². The molecule has 2 heterocycles. The number of furan rings is 1. The minimum atomic E-state index is -0.835. The molecule has 1 fully saturated rings. The van der Waals surface area contributed by atoms with Gasteiger partial charge in [0, 0.05) is 13.1 Å². The second-order valence-electron chi connectivity index (χ2n) is 4.34. The van der Waals surface area contributed by atoms with E-state index in [0.29, 0.717) is 18.7 Å². The number of aryl methyl sites for hydroxylation is 1. The van der Waals surface area contributed by atoms with Crippen LogP contribution >= 0.6 is 0 Å². The number of aliphatic carboxylic acids is 1. The maximum Gasteiger partial charge on any atom is 0.308 e. The number of nitrogens with zero attached hydrogens (tertiary/aromatic N) is 1. The summed E-state index contributed by atoms with van der Waals surface area (Å²) >= 11 is 0. The summed E-state index contributed by atoms with van der Waals surface area (Å²) in [5.74, 6) is -0.542. The summed E-state index contributed by atoms with van der Waals surface area (Å²) in [6.45, 7) is 2.64. The van der Waals surface area contributed by atoms with Crippen LogP contribution < -0.4 is 0 Å². The summed E-state index contributed by atoms with van der Waals surface area (Å²) in [6, 6.07) is 3.36. The predicted molar refractivity (Wildman–Crippen MR) is 59.7 cm³/mol. The number of piperidine rings is 1. The monoisotopic (exact) mass is 237 g/mol. The molecule has 0 aromatic carbocycles. The van der Waals surface area contributed by atoms with Crippen molar-refractivity contribution in [2.24, 2.45) is 5.92 Å². The maximum absolute atomic E-state index is 12.0. The van der Waals surface area contributed by atoms with Crippen molar-refractivity contribution in [2.45, 2.75) is 19.8 Å². The van der Waals surface area contributed by atoms with E-state index < -0.39 is 11.9 Å². The highest BCUT2D eigenvalue weighted by Crippen LogP contribution is 2.19. The van der Waals surface area contributed by atoms with Gasteiger partial charge >= 0.3 is 5.97 Å². The number of carboxylic acid groups (broad SMARTS) is 1. The van der Waals surface area contributed by atoms with Gasteiger partial charge < -0.3 is 14.4 Å². The van der Waals surface area contributed by atoms with Gasteiger partial charge in [-0.25, -0.2) is 0 Å². The van der Waals surface area contributed by atoms with Crippen LogP contribution in [0.4, 0.5) is 0 Å². The number of amides is 1. The molecule has 0 spiro atoms. The smallest absolute Gasteiger partial charge is 0.308 e. The average Bonchev–Trinajstić information content (AvgIpc) is 2.75. The zero-order chi connectivity index (χ0) is 12.4. The molecule has 5 heteroatoms. The zero-order valence-corrected chi connectivity index (χ0v) is 9.68. The van der Waals surface area contributed by atoms with Gasteiger partial charge in [-0.2, -0.15) is 0 Å². The summed E-state index contributed by atoms with van der Waals surface area (Å²) in [4.78, 5) is 24.5. The van der Waals surface area contributed by atoms with E-state index >= 15 is 0 Å². The van der Waals surface area contributed by atoms with Crippen LogP contribution in [0, 0.1) is 12.8 Å². The number of carbonyl (C=O) groups excluding carboxylic acids is 1. The Kier molecular flexibility index (Phi) is 3.17. The Morgan fingerprint density at radius 3 is 2.82 bits per heavy atom. The van der Waals surface area contributed by atoms with Crippen LogP contribution in [-0.4, -0.2) is 35.0 Å². The normalized spacial score (nSPS) is 20.3. The highest BCUT2D eigenvalue weighted by Gasteiger charge is 2.29. The quantitative estimate of drug-likeness (QED) is 0.846. The van der Waals surface area contributed by atoms with Crippen LogP contribution in [0.1, 0.15) is 29.2 Å². The predicted octanol–water partition coefficient (Wildman–Crippen LogP) is 1.52. The Morgan fingerprint density at radius 2 is 2.24 bits per heavy atom. The molecule has 2 rings (SSSR count). The van der Waals surface area contributed by atoms with Gasteiger partial charge in [0.25, 0.3) is 5.91 Å². The molecular formula is C12H15NO4. The molecule has 0 unspecified atom stereocenters. The Bertz CT molecular complexity index is 437. The highest BCUT2D eigenvalue weighted by atomic mass is 16.4. The Morgan fingerprint density at radius 1 is 1.47 bits per heavy atom. The molecule has 92 valence electrons. The molecule has 1 amide bonds. The molecule has 1 saturated heterocycles. The summed E-state index contributed by atoms with van der Waals surface area (Å²) in [5.41, 5.74) is 0. The van der Waals surface area contributed by atoms with Crippen molar-refractivity contribution in [3.8, 4) is 0 Å². The number of carboxylic acids is 1. The summed E-state index contributed by atoms with van der Waals surface area (Å²) in [6.07, 6.45) is 1.36. The number of rotatable bonds is 2. The largest absolute Gasteiger partial charge is 0.481 e. The summed E-state index contributed by atoms with van der Waals surface area (Å²) < 4.78 is 5.26. The Hall–Kier alpha value is -1.78. The number of carbonyl (C=O) groups is 2. The molecule has 17 heavy (non-hydrogen) atoms. The van der Waals surface area contributed by atoms with Crippen molar-refractivity contribution in [1.82, 2.24) is 4.90 Å². The first-order valence-electron chi connectivity index (χ1n) is 5.66. The van der Waals surface area contributed by atoms with E-state index in [0.717, 1.165) is 6.42 Å². The molecule has 1 aromatic rings. The van der Waals surface area contributed by atoms with Gasteiger partial charge in [0.05, 0.1) is 5.92 Å². The molecule has 1 N–H and O–H groups in total. The average molecular weight is 237 g/mol. The molecule has 1 aliphatic heterocycles. The van der Waals surface area contributed by atoms with Crippen molar-refractivity contribution in [3.63, 3.8) is 0 Å². The Balaban J connectivity index is 2.07.